The van der Waals surface area contributed by atoms with Crippen LogP contribution >= 0.6 is 23.1 Å². The maximum Gasteiger partial charge on any atom is 0.236 e. The van der Waals surface area contributed by atoms with E-state index in [2.05, 4.69) is 29.4 Å². The first-order valence-electron chi connectivity index (χ1n) is 8.70. The molecule has 1 aromatic heterocycles. The number of anilines is 1. The van der Waals surface area contributed by atoms with E-state index in [1.165, 1.54) is 22.5 Å². The Bertz CT molecular complexity index is 956. The smallest absolute Gasteiger partial charge is 0.236 e. The number of carbonyl (C=O) groups excluding carboxylic acids is 1. The molecule has 0 unspecified atom stereocenters. The molecule has 1 N–H and O–H groups in total. The van der Waals surface area contributed by atoms with Gasteiger partial charge in [0.05, 0.1) is 25.7 Å². The average molecular weight is 415 g/mol. The minimum Gasteiger partial charge on any atom is -0.497 e. The number of aromatic nitrogens is 1. The Balaban J connectivity index is 1.58. The number of thioether (sulfide) groups is 1. The van der Waals surface area contributed by atoms with E-state index in [9.17, 15) is 4.79 Å². The van der Waals surface area contributed by atoms with Gasteiger partial charge in [-0.2, -0.15) is 0 Å². The summed E-state index contributed by atoms with van der Waals surface area (Å²) in [6.45, 7) is 2.08. The molecule has 7 heteroatoms. The Kier molecular flexibility index (Phi) is 6.95. The highest BCUT2D eigenvalue weighted by Gasteiger charge is 2.13. The van der Waals surface area contributed by atoms with Crippen molar-refractivity contribution in [1.29, 1.82) is 0 Å². The predicted molar refractivity (Wildman–Crippen MR) is 117 cm³/mol. The van der Waals surface area contributed by atoms with E-state index in [-0.39, 0.29) is 5.91 Å². The molecule has 3 aromatic rings. The third kappa shape index (κ3) is 5.05. The topological polar surface area (TPSA) is 60.5 Å². The highest BCUT2D eigenvalue weighted by atomic mass is 32.2. The number of benzene rings is 2. The molecule has 0 spiro atoms. The van der Waals surface area contributed by atoms with Crippen LogP contribution in [-0.4, -0.2) is 30.9 Å². The Morgan fingerprint density at radius 2 is 2.00 bits per heavy atom. The summed E-state index contributed by atoms with van der Waals surface area (Å²) in [5, 5.41) is 5.36. The summed E-state index contributed by atoms with van der Waals surface area (Å²) in [4.78, 5) is 16.8. The lowest BCUT2D eigenvalue weighted by Gasteiger charge is -2.08. The van der Waals surface area contributed by atoms with E-state index >= 15 is 0 Å². The second-order valence-corrected chi connectivity index (χ2v) is 7.92. The van der Waals surface area contributed by atoms with Crippen molar-refractivity contribution in [3.8, 4) is 22.8 Å². The normalized spacial score (nSPS) is 10.5. The molecule has 0 saturated heterocycles. The van der Waals surface area contributed by atoms with Gasteiger partial charge < -0.3 is 14.8 Å². The Morgan fingerprint density at radius 1 is 1.18 bits per heavy atom. The lowest BCUT2D eigenvalue weighted by molar-refractivity contribution is -0.113. The Labute approximate surface area is 173 Å². The molecule has 0 aliphatic heterocycles. The zero-order chi connectivity index (χ0) is 19.9. The molecular formula is C21H22N2O3S2. The number of hydrogen-bond acceptors (Lipinski definition) is 6. The van der Waals surface area contributed by atoms with Crippen molar-refractivity contribution in [2.75, 3.05) is 25.3 Å². The second-order valence-electron chi connectivity index (χ2n) is 6.07. The number of ether oxygens (including phenoxy) is 2. The van der Waals surface area contributed by atoms with Crippen molar-refractivity contribution in [3.05, 3.63) is 59.0 Å². The summed E-state index contributed by atoms with van der Waals surface area (Å²) in [5.41, 5.74) is 4.11. The van der Waals surface area contributed by atoms with Crippen LogP contribution in [0.2, 0.25) is 0 Å². The molecule has 0 fully saturated rings. The number of thiazole rings is 1. The summed E-state index contributed by atoms with van der Waals surface area (Å²) < 4.78 is 10.7. The molecule has 1 amide bonds. The molecule has 28 heavy (non-hydrogen) atoms. The third-order valence-electron chi connectivity index (χ3n) is 4.19. The van der Waals surface area contributed by atoms with Crippen molar-refractivity contribution in [3.63, 3.8) is 0 Å². The summed E-state index contributed by atoms with van der Waals surface area (Å²) in [7, 11) is 3.22. The quantitative estimate of drug-likeness (QED) is 0.562. The third-order valence-corrected chi connectivity index (χ3v) is 5.93. The zero-order valence-corrected chi connectivity index (χ0v) is 17.7. The lowest BCUT2D eigenvalue weighted by atomic mass is 10.1. The number of methoxy groups -OCH3 is 2. The van der Waals surface area contributed by atoms with Crippen molar-refractivity contribution >= 4 is 34.1 Å². The number of carbonyl (C=O) groups is 1. The van der Waals surface area contributed by atoms with Gasteiger partial charge in [0, 0.05) is 22.8 Å². The predicted octanol–water partition coefficient (Wildman–Crippen LogP) is 5.01. The average Bonchev–Trinajstić information content (AvgIpc) is 3.17. The van der Waals surface area contributed by atoms with E-state index < -0.39 is 0 Å². The molecule has 5 nitrogen and oxygen atoms in total. The van der Waals surface area contributed by atoms with Gasteiger partial charge in [-0.1, -0.05) is 24.3 Å². The van der Waals surface area contributed by atoms with Crippen LogP contribution in [0.3, 0.4) is 0 Å². The Morgan fingerprint density at radius 3 is 2.75 bits per heavy atom. The minimum atomic E-state index is -0.0545. The molecule has 0 radical (unpaired) electrons. The summed E-state index contributed by atoms with van der Waals surface area (Å²) in [5.74, 6) is 2.54. The largest absolute Gasteiger partial charge is 0.497 e. The first-order chi connectivity index (χ1) is 13.6. The van der Waals surface area contributed by atoms with Gasteiger partial charge in [0.1, 0.15) is 11.5 Å². The molecule has 3 rings (SSSR count). The van der Waals surface area contributed by atoms with Crippen LogP contribution in [0.4, 0.5) is 5.13 Å². The van der Waals surface area contributed by atoms with Gasteiger partial charge in [-0.25, -0.2) is 4.98 Å². The van der Waals surface area contributed by atoms with E-state index in [1.807, 2.05) is 35.7 Å². The summed E-state index contributed by atoms with van der Waals surface area (Å²) >= 11 is 2.99. The molecule has 0 bridgehead atoms. The molecule has 2 aromatic carbocycles. The fourth-order valence-corrected chi connectivity index (χ4v) is 4.28. The molecule has 0 atom stereocenters. The van der Waals surface area contributed by atoms with Crippen LogP contribution in [0.1, 0.15) is 11.1 Å². The van der Waals surface area contributed by atoms with E-state index in [4.69, 9.17) is 9.47 Å². The highest BCUT2D eigenvalue weighted by Crippen LogP contribution is 2.34. The van der Waals surface area contributed by atoms with Gasteiger partial charge in [-0.3, -0.25) is 4.79 Å². The van der Waals surface area contributed by atoms with Gasteiger partial charge in [-0.15, -0.1) is 23.1 Å². The van der Waals surface area contributed by atoms with Crippen LogP contribution in [0, 0.1) is 6.92 Å². The SMILES string of the molecule is COc1ccc(-c2csc(NC(=O)CSCc3ccccc3C)n2)c(OC)c1. The first kappa shape index (κ1) is 20.2. The van der Waals surface area contributed by atoms with Gasteiger partial charge in [0.15, 0.2) is 5.13 Å². The molecule has 146 valence electrons. The van der Waals surface area contributed by atoms with Gasteiger partial charge in [-0.05, 0) is 30.2 Å². The maximum atomic E-state index is 12.2. The van der Waals surface area contributed by atoms with Crippen molar-refractivity contribution in [2.45, 2.75) is 12.7 Å². The van der Waals surface area contributed by atoms with Crippen LogP contribution < -0.4 is 14.8 Å². The van der Waals surface area contributed by atoms with E-state index in [0.717, 1.165) is 22.8 Å². The monoisotopic (exact) mass is 414 g/mol. The zero-order valence-electron chi connectivity index (χ0n) is 16.0. The molecular weight excluding hydrogens is 392 g/mol. The number of aryl methyl sites for hydroxylation is 1. The number of nitrogens with zero attached hydrogens (tertiary/aromatic N) is 1. The van der Waals surface area contributed by atoms with E-state index in [1.54, 1.807) is 26.0 Å². The number of hydrogen-bond donors (Lipinski definition) is 1. The van der Waals surface area contributed by atoms with Gasteiger partial charge in [0.25, 0.3) is 0 Å². The van der Waals surface area contributed by atoms with Crippen LogP contribution in [-0.2, 0) is 10.5 Å². The van der Waals surface area contributed by atoms with Crippen LogP contribution in [0.5, 0.6) is 11.5 Å². The van der Waals surface area contributed by atoms with Crippen LogP contribution in [0.15, 0.2) is 47.8 Å². The highest BCUT2D eigenvalue weighted by molar-refractivity contribution is 7.99. The summed E-state index contributed by atoms with van der Waals surface area (Å²) in [6.07, 6.45) is 0. The maximum absolute atomic E-state index is 12.2. The molecule has 0 aliphatic carbocycles. The number of rotatable bonds is 8. The number of nitrogens with one attached hydrogen (secondary N) is 1. The molecule has 0 saturated carbocycles. The first-order valence-corrected chi connectivity index (χ1v) is 10.7. The molecule has 1 heterocycles. The lowest BCUT2D eigenvalue weighted by Crippen LogP contribution is -2.14. The standard InChI is InChI=1S/C21H22N2O3S2/c1-14-6-4-5-7-15(14)11-27-13-20(24)23-21-22-18(12-28-21)17-9-8-16(25-2)10-19(17)26-3/h4-10,12H,11,13H2,1-3H3,(H,22,23,24). The van der Waals surface area contributed by atoms with Crippen molar-refractivity contribution in [2.24, 2.45) is 0 Å². The Hall–Kier alpha value is -2.51. The van der Waals surface area contributed by atoms with Crippen molar-refractivity contribution in [1.82, 2.24) is 4.98 Å². The number of amides is 1. The fourth-order valence-electron chi connectivity index (χ4n) is 2.65. The summed E-state index contributed by atoms with van der Waals surface area (Å²) in [6, 6.07) is 13.8. The van der Waals surface area contributed by atoms with Gasteiger partial charge >= 0.3 is 0 Å². The molecule has 0 aliphatic rings. The van der Waals surface area contributed by atoms with Crippen molar-refractivity contribution < 1.29 is 14.3 Å². The van der Waals surface area contributed by atoms with Crippen LogP contribution in [0.25, 0.3) is 11.3 Å². The van der Waals surface area contributed by atoms with E-state index in [0.29, 0.717) is 16.6 Å². The second kappa shape index (κ2) is 9.61. The fraction of sp³-hybridized carbons (Fsp3) is 0.238. The minimum absolute atomic E-state index is 0.0545. The van der Waals surface area contributed by atoms with Gasteiger partial charge in [0.2, 0.25) is 5.91 Å².